The fourth-order valence-electron chi connectivity index (χ4n) is 4.26. The minimum Gasteiger partial charge on any atom is -0.496 e. The molecule has 1 N–H and O–H groups in total. The molecule has 0 saturated carbocycles. The number of halogens is 2. The molecule has 0 aromatic heterocycles. The largest absolute Gasteiger partial charge is 0.496 e. The summed E-state index contributed by atoms with van der Waals surface area (Å²) in [5, 5.41) is 9.97. The van der Waals surface area contributed by atoms with Gasteiger partial charge in [0.05, 0.1) is 24.7 Å². The third-order valence-corrected chi connectivity index (χ3v) is 8.63. The first kappa shape index (κ1) is 28.7. The number of sulfonamides is 1. The van der Waals surface area contributed by atoms with Gasteiger partial charge in [-0.1, -0.05) is 53.5 Å². The van der Waals surface area contributed by atoms with Crippen LogP contribution >= 0.6 is 23.2 Å². The first-order chi connectivity index (χ1) is 18.5. The Kier molecular flexibility index (Phi) is 8.70. The maximum atomic E-state index is 13.1. The number of carboxylic acids is 1. The number of benzene rings is 3. The molecule has 1 aliphatic heterocycles. The summed E-state index contributed by atoms with van der Waals surface area (Å²) in [6, 6.07) is 15.1. The Balaban J connectivity index is 1.48. The van der Waals surface area contributed by atoms with E-state index in [2.05, 4.69) is 0 Å². The first-order valence-electron chi connectivity index (χ1n) is 11.8. The van der Waals surface area contributed by atoms with Crippen molar-refractivity contribution in [3.8, 4) is 22.6 Å². The molecule has 0 radical (unpaired) electrons. The monoisotopic (exact) mass is 593 g/mol. The molecule has 1 saturated heterocycles. The van der Waals surface area contributed by atoms with Crippen molar-refractivity contribution in [3.05, 3.63) is 76.3 Å². The second-order valence-electron chi connectivity index (χ2n) is 8.73. The zero-order chi connectivity index (χ0) is 28.3. The number of esters is 1. The van der Waals surface area contributed by atoms with Crippen molar-refractivity contribution in [1.29, 1.82) is 0 Å². The zero-order valence-corrected chi connectivity index (χ0v) is 23.3. The second-order valence-corrected chi connectivity index (χ2v) is 11.5. The van der Waals surface area contributed by atoms with Crippen LogP contribution in [0.2, 0.25) is 10.0 Å². The minimum atomic E-state index is -4.10. The number of ether oxygens (including phenoxy) is 3. The predicted molar refractivity (Wildman–Crippen MR) is 145 cm³/mol. The van der Waals surface area contributed by atoms with Gasteiger partial charge in [-0.2, -0.15) is 4.31 Å². The molecule has 3 aromatic rings. The average Bonchev–Trinajstić information content (AvgIpc) is 2.86. The van der Waals surface area contributed by atoms with Crippen molar-refractivity contribution >= 4 is 45.2 Å². The number of rotatable bonds is 10. The smallest absolute Gasteiger partial charge is 0.345 e. The molecule has 4 rings (SSSR count). The van der Waals surface area contributed by atoms with E-state index in [9.17, 15) is 23.1 Å². The standard InChI is InChI=1S/C27H25Cl2NO8S/c1-36-22-4-3-5-23(37-2)25(22)17-8-6-16(7-9-17)12-24(26(31)32)38-27(33)21-10-11-30(21)39(34,35)20-14-18(28)13-19(29)15-20/h3-9,13-15,21,24H,10-12H2,1-2H3,(H,31,32)/t21-,24-/m0/s1. The van der Waals surface area contributed by atoms with Gasteiger partial charge in [0.15, 0.2) is 0 Å². The molecule has 39 heavy (non-hydrogen) atoms. The van der Waals surface area contributed by atoms with Gasteiger partial charge in [0, 0.05) is 23.0 Å². The van der Waals surface area contributed by atoms with Gasteiger partial charge in [0.2, 0.25) is 16.1 Å². The van der Waals surface area contributed by atoms with Crippen LogP contribution in [0.25, 0.3) is 11.1 Å². The van der Waals surface area contributed by atoms with Crippen LogP contribution in [0.5, 0.6) is 11.5 Å². The van der Waals surface area contributed by atoms with Gasteiger partial charge in [-0.25, -0.2) is 13.2 Å². The Labute approximate surface area is 235 Å². The number of hydrogen-bond donors (Lipinski definition) is 1. The lowest BCUT2D eigenvalue weighted by Gasteiger charge is -2.38. The molecule has 0 aliphatic carbocycles. The maximum Gasteiger partial charge on any atom is 0.345 e. The van der Waals surface area contributed by atoms with E-state index >= 15 is 0 Å². The van der Waals surface area contributed by atoms with Crippen molar-refractivity contribution in [1.82, 2.24) is 4.31 Å². The van der Waals surface area contributed by atoms with Crippen LogP contribution in [0.15, 0.2) is 65.6 Å². The van der Waals surface area contributed by atoms with E-state index in [1.807, 2.05) is 0 Å². The summed E-state index contributed by atoms with van der Waals surface area (Å²) in [6.07, 6.45) is -1.45. The first-order valence-corrected chi connectivity index (χ1v) is 14.0. The van der Waals surface area contributed by atoms with Crippen LogP contribution in [0.1, 0.15) is 12.0 Å². The van der Waals surface area contributed by atoms with Gasteiger partial charge >= 0.3 is 11.9 Å². The van der Waals surface area contributed by atoms with Gasteiger partial charge in [0.1, 0.15) is 17.5 Å². The molecule has 2 atom stereocenters. The van der Waals surface area contributed by atoms with Gasteiger partial charge < -0.3 is 19.3 Å². The quantitative estimate of drug-likeness (QED) is 0.336. The van der Waals surface area contributed by atoms with Crippen molar-refractivity contribution in [2.75, 3.05) is 20.8 Å². The topological polar surface area (TPSA) is 119 Å². The van der Waals surface area contributed by atoms with E-state index < -0.39 is 34.1 Å². The summed E-state index contributed by atoms with van der Waals surface area (Å²) in [4.78, 5) is 24.6. The summed E-state index contributed by atoms with van der Waals surface area (Å²) in [5.74, 6) is -1.08. The number of hydrogen-bond acceptors (Lipinski definition) is 7. The van der Waals surface area contributed by atoms with Gasteiger partial charge in [-0.05, 0) is 47.9 Å². The zero-order valence-electron chi connectivity index (χ0n) is 21.0. The minimum absolute atomic E-state index is 0.0673. The Morgan fingerprint density at radius 3 is 2.08 bits per heavy atom. The molecule has 0 unspecified atom stereocenters. The molecule has 0 spiro atoms. The van der Waals surface area contributed by atoms with Crippen LogP contribution < -0.4 is 9.47 Å². The van der Waals surface area contributed by atoms with Crippen LogP contribution in [0, 0.1) is 0 Å². The third-order valence-electron chi connectivity index (χ3n) is 6.31. The predicted octanol–water partition coefficient (Wildman–Crippen LogP) is 4.68. The molecular weight excluding hydrogens is 569 g/mol. The number of methoxy groups -OCH3 is 2. The van der Waals surface area contributed by atoms with Crippen LogP contribution in [0.4, 0.5) is 0 Å². The highest BCUT2D eigenvalue weighted by molar-refractivity contribution is 7.89. The Morgan fingerprint density at radius 2 is 1.59 bits per heavy atom. The number of carboxylic acid groups (broad SMARTS) is 1. The molecule has 0 amide bonds. The van der Waals surface area contributed by atoms with Gasteiger partial charge in [0.25, 0.3) is 0 Å². The lowest BCUT2D eigenvalue weighted by atomic mass is 9.99. The number of nitrogens with zero attached hydrogens (tertiary/aromatic N) is 1. The molecule has 9 nitrogen and oxygen atoms in total. The average molecular weight is 594 g/mol. The van der Waals surface area contributed by atoms with E-state index in [1.165, 1.54) is 18.2 Å². The molecular formula is C27H25Cl2NO8S. The molecule has 206 valence electrons. The third kappa shape index (κ3) is 6.14. The normalized spacial score (nSPS) is 16.2. The number of carbonyl (C=O) groups excluding carboxylic acids is 1. The second kappa shape index (κ2) is 11.8. The van der Waals surface area contributed by atoms with E-state index in [4.69, 9.17) is 37.4 Å². The molecule has 1 aliphatic rings. The molecule has 12 heteroatoms. The maximum absolute atomic E-state index is 13.1. The van der Waals surface area contributed by atoms with Gasteiger partial charge in [-0.15, -0.1) is 0 Å². The number of carbonyl (C=O) groups is 2. The highest BCUT2D eigenvalue weighted by Crippen LogP contribution is 2.38. The fraction of sp³-hybridized carbons (Fsp3) is 0.259. The van der Waals surface area contributed by atoms with Crippen LogP contribution in [-0.2, 0) is 30.8 Å². The van der Waals surface area contributed by atoms with E-state index in [-0.39, 0.29) is 34.3 Å². The number of aliphatic carboxylic acids is 1. The van der Waals surface area contributed by atoms with Crippen LogP contribution in [0.3, 0.4) is 0 Å². The van der Waals surface area contributed by atoms with E-state index in [0.717, 1.165) is 15.4 Å². The molecule has 1 heterocycles. The Hall–Kier alpha value is -3.31. The van der Waals surface area contributed by atoms with Crippen molar-refractivity contribution < 1.29 is 37.3 Å². The molecule has 0 bridgehead atoms. The van der Waals surface area contributed by atoms with Crippen molar-refractivity contribution in [2.45, 2.75) is 29.9 Å². The molecule has 3 aromatic carbocycles. The van der Waals surface area contributed by atoms with Crippen LogP contribution in [-0.4, -0.2) is 62.7 Å². The van der Waals surface area contributed by atoms with Gasteiger partial charge in [-0.3, -0.25) is 4.79 Å². The SMILES string of the molecule is COc1cccc(OC)c1-c1ccc(C[C@H](OC(=O)[C@@H]2CCN2S(=O)(=O)c2cc(Cl)cc(Cl)c2)C(=O)O)cc1. The summed E-state index contributed by atoms with van der Waals surface area (Å²) in [5.41, 5.74) is 2.12. The summed E-state index contributed by atoms with van der Waals surface area (Å²) in [7, 11) is -0.998. The fourth-order valence-corrected chi connectivity index (χ4v) is 6.61. The highest BCUT2D eigenvalue weighted by Gasteiger charge is 2.45. The summed E-state index contributed by atoms with van der Waals surface area (Å²) >= 11 is 11.9. The van der Waals surface area contributed by atoms with E-state index in [0.29, 0.717) is 17.1 Å². The molecule has 1 fully saturated rings. The summed E-state index contributed by atoms with van der Waals surface area (Å²) in [6.45, 7) is 0.0673. The Morgan fingerprint density at radius 1 is 1.00 bits per heavy atom. The Bertz CT molecular complexity index is 1450. The van der Waals surface area contributed by atoms with E-state index in [1.54, 1.807) is 56.7 Å². The summed E-state index contributed by atoms with van der Waals surface area (Å²) < 4.78 is 43.2. The lowest BCUT2D eigenvalue weighted by Crippen LogP contribution is -2.56. The van der Waals surface area contributed by atoms with Crippen molar-refractivity contribution in [3.63, 3.8) is 0 Å². The highest BCUT2D eigenvalue weighted by atomic mass is 35.5. The lowest BCUT2D eigenvalue weighted by molar-refractivity contribution is -0.168. The van der Waals surface area contributed by atoms with Crippen molar-refractivity contribution in [2.24, 2.45) is 0 Å².